The Bertz CT molecular complexity index is 1150. The van der Waals surface area contributed by atoms with Crippen molar-refractivity contribution >= 4 is 34.1 Å². The molecule has 7 nitrogen and oxygen atoms in total. The second-order valence-corrected chi connectivity index (χ2v) is 9.75. The van der Waals surface area contributed by atoms with Crippen LogP contribution >= 0.6 is 11.3 Å². The summed E-state index contributed by atoms with van der Waals surface area (Å²) in [5.74, 6) is -1.90. The highest BCUT2D eigenvalue weighted by Crippen LogP contribution is 2.42. The smallest absolute Gasteiger partial charge is 0.341 e. The first-order valence-corrected chi connectivity index (χ1v) is 12.9. The maximum absolute atomic E-state index is 13.2. The zero-order valence-corrected chi connectivity index (χ0v) is 21.2. The van der Waals surface area contributed by atoms with Crippen LogP contribution in [0.5, 0.6) is 5.75 Å². The van der Waals surface area contributed by atoms with E-state index in [1.807, 2.05) is 24.3 Å². The molecule has 186 valence electrons. The lowest BCUT2D eigenvalue weighted by molar-refractivity contribution is -0.151. The van der Waals surface area contributed by atoms with Crippen molar-refractivity contribution < 1.29 is 28.6 Å². The number of rotatable bonds is 8. The third kappa shape index (κ3) is 5.27. The molecular formula is C27H31NO6S. The van der Waals surface area contributed by atoms with Crippen LogP contribution in [0.25, 0.3) is 0 Å². The van der Waals surface area contributed by atoms with Gasteiger partial charge >= 0.3 is 11.9 Å². The largest absolute Gasteiger partial charge is 0.497 e. The molecule has 8 heteroatoms. The van der Waals surface area contributed by atoms with Crippen LogP contribution in [0.1, 0.15) is 65.4 Å². The number of fused-ring (bicyclic) bond motifs is 1. The number of ether oxygens (including phenoxy) is 3. The van der Waals surface area contributed by atoms with Gasteiger partial charge in [0.1, 0.15) is 16.7 Å². The van der Waals surface area contributed by atoms with E-state index >= 15 is 0 Å². The van der Waals surface area contributed by atoms with E-state index in [9.17, 15) is 14.4 Å². The van der Waals surface area contributed by atoms with Gasteiger partial charge in [-0.25, -0.2) is 4.79 Å². The molecule has 2 aromatic rings. The summed E-state index contributed by atoms with van der Waals surface area (Å²) >= 11 is 1.55. The van der Waals surface area contributed by atoms with Gasteiger partial charge in [-0.3, -0.25) is 9.59 Å². The first-order chi connectivity index (χ1) is 17.0. The Labute approximate surface area is 209 Å². The van der Waals surface area contributed by atoms with E-state index in [1.165, 1.54) is 11.0 Å². The van der Waals surface area contributed by atoms with Crippen molar-refractivity contribution in [3.8, 4) is 5.75 Å². The molecule has 0 amide bonds. The minimum atomic E-state index is -0.936. The van der Waals surface area contributed by atoms with Crippen LogP contribution in [-0.2, 0) is 31.9 Å². The molecule has 0 spiro atoms. The van der Waals surface area contributed by atoms with Crippen LogP contribution in [-0.4, -0.2) is 38.0 Å². The monoisotopic (exact) mass is 497 g/mol. The lowest BCUT2D eigenvalue weighted by atomic mass is 9.76. The van der Waals surface area contributed by atoms with Gasteiger partial charge in [0.2, 0.25) is 0 Å². The molecule has 0 saturated carbocycles. The highest BCUT2D eigenvalue weighted by atomic mass is 32.1. The van der Waals surface area contributed by atoms with E-state index in [1.54, 1.807) is 32.3 Å². The van der Waals surface area contributed by atoms with Crippen LogP contribution in [0, 0.1) is 5.92 Å². The Hall–Kier alpha value is -3.13. The predicted molar refractivity (Wildman–Crippen MR) is 134 cm³/mol. The minimum Gasteiger partial charge on any atom is -0.497 e. The lowest BCUT2D eigenvalue weighted by Crippen LogP contribution is -2.35. The number of carbonyl (C=O) groups is 3. The van der Waals surface area contributed by atoms with E-state index in [0.29, 0.717) is 35.0 Å². The number of aryl methyl sites for hydroxylation is 1. The third-order valence-corrected chi connectivity index (χ3v) is 7.66. The van der Waals surface area contributed by atoms with Gasteiger partial charge in [-0.2, -0.15) is 0 Å². The molecule has 2 aliphatic carbocycles. The molecule has 0 unspecified atom stereocenters. The fourth-order valence-electron chi connectivity index (χ4n) is 4.87. The summed E-state index contributed by atoms with van der Waals surface area (Å²) < 4.78 is 16.0. The van der Waals surface area contributed by atoms with E-state index in [0.717, 1.165) is 36.8 Å². The number of allylic oxidation sites excluding steroid dienone is 2. The molecule has 1 N–H and O–H groups in total. The maximum atomic E-state index is 13.2. The normalized spacial score (nSPS) is 19.4. The van der Waals surface area contributed by atoms with Crippen LogP contribution in [0.3, 0.4) is 0 Å². The number of benzene rings is 1. The first kappa shape index (κ1) is 25.0. The van der Waals surface area contributed by atoms with Gasteiger partial charge in [-0.05, 0) is 69.2 Å². The van der Waals surface area contributed by atoms with Gasteiger partial charge in [0.15, 0.2) is 5.78 Å². The van der Waals surface area contributed by atoms with Crippen LogP contribution < -0.4 is 10.1 Å². The van der Waals surface area contributed by atoms with E-state index in [-0.39, 0.29) is 18.4 Å². The van der Waals surface area contributed by atoms with Crippen LogP contribution in [0.15, 0.2) is 36.0 Å². The number of ketones is 1. The van der Waals surface area contributed by atoms with E-state index < -0.39 is 17.8 Å². The topological polar surface area (TPSA) is 90.9 Å². The summed E-state index contributed by atoms with van der Waals surface area (Å²) in [5, 5.41) is 4.07. The average Bonchev–Trinajstić information content (AvgIpc) is 3.21. The molecular weight excluding hydrogens is 466 g/mol. The second-order valence-electron chi connectivity index (χ2n) is 8.65. The van der Waals surface area contributed by atoms with Gasteiger partial charge in [0, 0.05) is 22.6 Å². The molecule has 0 saturated heterocycles. The quantitative estimate of drug-likeness (QED) is 0.403. The summed E-state index contributed by atoms with van der Waals surface area (Å²) in [6.07, 6.45) is 5.80. The predicted octanol–water partition coefficient (Wildman–Crippen LogP) is 5.04. The molecule has 0 fully saturated rings. The molecule has 1 aromatic carbocycles. The Morgan fingerprint density at radius 3 is 2.63 bits per heavy atom. The summed E-state index contributed by atoms with van der Waals surface area (Å²) in [6, 6.07) is 7.41. The molecule has 35 heavy (non-hydrogen) atoms. The fraction of sp³-hybridized carbons (Fsp3) is 0.444. The molecule has 2 atom stereocenters. The number of anilines is 1. The molecule has 0 aliphatic heterocycles. The van der Waals surface area contributed by atoms with Gasteiger partial charge in [-0.1, -0.05) is 12.1 Å². The Balaban J connectivity index is 1.70. The van der Waals surface area contributed by atoms with Gasteiger partial charge < -0.3 is 19.5 Å². The third-order valence-electron chi connectivity index (χ3n) is 6.45. The molecule has 4 rings (SSSR count). The first-order valence-electron chi connectivity index (χ1n) is 12.1. The van der Waals surface area contributed by atoms with Crippen LogP contribution in [0.4, 0.5) is 5.00 Å². The van der Waals surface area contributed by atoms with Gasteiger partial charge in [0.25, 0.3) is 0 Å². The van der Waals surface area contributed by atoms with Crippen LogP contribution in [0.2, 0.25) is 0 Å². The number of nitrogens with one attached hydrogen (secondary N) is 1. The van der Waals surface area contributed by atoms with E-state index in [2.05, 4.69) is 5.32 Å². The number of methoxy groups -OCH3 is 1. The highest BCUT2D eigenvalue weighted by Gasteiger charge is 2.40. The van der Waals surface area contributed by atoms with Gasteiger partial charge in [-0.15, -0.1) is 11.3 Å². The zero-order chi connectivity index (χ0) is 24.9. The molecule has 2 aliphatic rings. The number of hydrogen-bond acceptors (Lipinski definition) is 8. The summed E-state index contributed by atoms with van der Waals surface area (Å²) in [4.78, 5) is 40.1. The Kier molecular flexibility index (Phi) is 7.90. The number of esters is 2. The molecule has 0 radical (unpaired) electrons. The van der Waals surface area contributed by atoms with Gasteiger partial charge in [0.05, 0.1) is 25.9 Å². The molecule has 1 aromatic heterocycles. The fourth-order valence-corrected chi connectivity index (χ4v) is 6.19. The van der Waals surface area contributed by atoms with E-state index in [4.69, 9.17) is 14.2 Å². The second kappa shape index (κ2) is 11.1. The molecule has 0 bridgehead atoms. The lowest BCUT2D eigenvalue weighted by Gasteiger charge is -2.30. The number of hydrogen-bond donors (Lipinski definition) is 1. The highest BCUT2D eigenvalue weighted by molar-refractivity contribution is 7.16. The van der Waals surface area contributed by atoms with Crippen molar-refractivity contribution in [3.63, 3.8) is 0 Å². The Morgan fingerprint density at radius 2 is 1.89 bits per heavy atom. The van der Waals surface area contributed by atoms with Crippen molar-refractivity contribution in [2.75, 3.05) is 25.6 Å². The van der Waals surface area contributed by atoms with Crippen molar-refractivity contribution in [1.82, 2.24) is 0 Å². The summed E-state index contributed by atoms with van der Waals surface area (Å²) in [7, 11) is 1.58. The average molecular weight is 498 g/mol. The van der Waals surface area contributed by atoms with Crippen molar-refractivity contribution in [2.45, 2.75) is 51.9 Å². The summed E-state index contributed by atoms with van der Waals surface area (Å²) in [6.45, 7) is 4.01. The van der Waals surface area contributed by atoms with Crippen molar-refractivity contribution in [1.29, 1.82) is 0 Å². The maximum Gasteiger partial charge on any atom is 0.341 e. The van der Waals surface area contributed by atoms with Crippen molar-refractivity contribution in [2.24, 2.45) is 5.92 Å². The van der Waals surface area contributed by atoms with Crippen molar-refractivity contribution in [3.05, 3.63) is 57.6 Å². The number of carbonyl (C=O) groups excluding carboxylic acids is 3. The zero-order valence-electron chi connectivity index (χ0n) is 20.3. The molecule has 1 heterocycles. The standard InChI is InChI=1S/C27H31NO6S/c1-4-33-26(30)23-20(16-9-8-10-18(13-16)32-3)14-17(15-21(23)29)28-25-24(27(31)34-5-2)19-11-6-7-12-22(19)35-25/h8-10,13,15,20,23,28H,4-7,11-12,14H2,1-3H3/t20-,23+/m1/s1. The summed E-state index contributed by atoms with van der Waals surface area (Å²) in [5.41, 5.74) is 3.11. The SMILES string of the molecule is CCOC(=O)c1c(NC2=CC(=O)[C@@H](C(=O)OCC)[C@@H](c3cccc(OC)c3)C2)sc2c1CCCC2. The Morgan fingerprint density at radius 1 is 1.11 bits per heavy atom. The minimum absolute atomic E-state index is 0.200. The number of thiophene rings is 1.